The molecule has 2 rings (SSSR count). The molecule has 0 radical (unpaired) electrons. The van der Waals surface area contributed by atoms with Crippen molar-refractivity contribution in [3.8, 4) is 0 Å². The molecule has 1 unspecified atom stereocenters. The summed E-state index contributed by atoms with van der Waals surface area (Å²) < 4.78 is 0. The molecule has 1 atom stereocenters. The van der Waals surface area contributed by atoms with E-state index in [0.29, 0.717) is 0 Å². The zero-order valence-corrected chi connectivity index (χ0v) is 13.2. The van der Waals surface area contributed by atoms with Gasteiger partial charge >= 0.3 is 0 Å². The van der Waals surface area contributed by atoms with Gasteiger partial charge < -0.3 is 11.1 Å². The van der Waals surface area contributed by atoms with E-state index in [1.807, 2.05) is 19.1 Å². The number of anilines is 1. The molecule has 0 aliphatic carbocycles. The van der Waals surface area contributed by atoms with Gasteiger partial charge in [0.1, 0.15) is 0 Å². The lowest BCUT2D eigenvalue weighted by atomic mass is 9.98. The maximum Gasteiger partial charge on any atom is 0.237 e. The Hall–Kier alpha value is -1.55. The highest BCUT2D eigenvalue weighted by atomic mass is 16.2. The number of hydrogen-bond donors (Lipinski definition) is 2. The summed E-state index contributed by atoms with van der Waals surface area (Å²) in [7, 11) is 0. The molecule has 0 saturated heterocycles. The van der Waals surface area contributed by atoms with Crippen molar-refractivity contribution in [2.75, 3.05) is 18.8 Å². The summed E-state index contributed by atoms with van der Waals surface area (Å²) in [6.07, 6.45) is 4.40. The number of carbonyl (C=O) groups excluding carboxylic acids is 1. The number of nitrogens with zero attached hydrogens (tertiary/aromatic N) is 1. The van der Waals surface area contributed by atoms with Crippen LogP contribution in [0.4, 0.5) is 5.69 Å². The zero-order valence-electron chi connectivity index (χ0n) is 13.2. The second-order valence-corrected chi connectivity index (χ2v) is 5.92. The van der Waals surface area contributed by atoms with Crippen molar-refractivity contribution in [3.05, 3.63) is 29.3 Å². The van der Waals surface area contributed by atoms with Gasteiger partial charge in [0.25, 0.3) is 0 Å². The number of unbranched alkanes of at least 4 members (excludes halogenated alkanes) is 2. The Bertz CT molecular complexity index is 487. The largest absolute Gasteiger partial charge is 0.399 e. The Morgan fingerprint density at radius 3 is 2.95 bits per heavy atom. The average molecular weight is 289 g/mol. The van der Waals surface area contributed by atoms with Crippen LogP contribution in [0.25, 0.3) is 0 Å². The number of nitrogens with two attached hydrogens (primary N) is 1. The molecule has 4 nitrogen and oxygen atoms in total. The molecule has 0 fully saturated rings. The van der Waals surface area contributed by atoms with Gasteiger partial charge in [-0.15, -0.1) is 0 Å². The molecule has 0 aromatic heterocycles. The molecule has 0 spiro atoms. The van der Waals surface area contributed by atoms with Gasteiger partial charge in [-0.3, -0.25) is 9.69 Å². The molecule has 1 heterocycles. The smallest absolute Gasteiger partial charge is 0.237 e. The van der Waals surface area contributed by atoms with Crippen molar-refractivity contribution in [1.82, 2.24) is 10.2 Å². The predicted molar refractivity (Wildman–Crippen MR) is 87.0 cm³/mol. The molecule has 3 N–H and O–H groups in total. The van der Waals surface area contributed by atoms with Gasteiger partial charge in [-0.2, -0.15) is 0 Å². The molecule has 116 valence electrons. The number of hydrogen-bond acceptors (Lipinski definition) is 3. The Kier molecular flexibility index (Phi) is 5.62. The molecule has 1 amide bonds. The normalized spacial score (nSPS) is 16.3. The third-order valence-electron chi connectivity index (χ3n) is 4.28. The minimum atomic E-state index is -0.0822. The van der Waals surface area contributed by atoms with Gasteiger partial charge in [-0.25, -0.2) is 0 Å². The number of benzene rings is 1. The van der Waals surface area contributed by atoms with Gasteiger partial charge in [0, 0.05) is 25.3 Å². The van der Waals surface area contributed by atoms with E-state index in [-0.39, 0.29) is 11.9 Å². The molecule has 1 aliphatic heterocycles. The number of nitrogens with one attached hydrogen (secondary N) is 1. The van der Waals surface area contributed by atoms with E-state index in [9.17, 15) is 4.79 Å². The van der Waals surface area contributed by atoms with Crippen LogP contribution in [0.3, 0.4) is 0 Å². The SMILES string of the molecule is CCCCCNC(=O)C(C)N1CCc2ccc(N)cc2C1. The number of rotatable bonds is 6. The van der Waals surface area contributed by atoms with Gasteiger partial charge in [0.05, 0.1) is 6.04 Å². The Labute approximate surface area is 127 Å². The Morgan fingerprint density at radius 2 is 2.19 bits per heavy atom. The van der Waals surface area contributed by atoms with Crippen LogP contribution < -0.4 is 11.1 Å². The van der Waals surface area contributed by atoms with Crippen molar-refractivity contribution in [2.45, 2.75) is 52.1 Å². The summed E-state index contributed by atoms with van der Waals surface area (Å²) in [6.45, 7) is 6.69. The standard InChI is InChI=1S/C17H27N3O/c1-3-4-5-9-19-17(21)13(2)20-10-8-14-6-7-16(18)11-15(14)12-20/h6-7,11,13H,3-5,8-10,12,18H2,1-2H3,(H,19,21). The first-order valence-corrected chi connectivity index (χ1v) is 8.01. The van der Waals surface area contributed by atoms with Gasteiger partial charge in [0.15, 0.2) is 0 Å². The molecule has 1 aromatic carbocycles. The maximum atomic E-state index is 12.2. The van der Waals surface area contributed by atoms with Gasteiger partial charge in [-0.1, -0.05) is 25.8 Å². The zero-order chi connectivity index (χ0) is 15.2. The van der Waals surface area contributed by atoms with Crippen molar-refractivity contribution >= 4 is 11.6 Å². The Morgan fingerprint density at radius 1 is 1.38 bits per heavy atom. The van der Waals surface area contributed by atoms with Crippen LogP contribution in [0.5, 0.6) is 0 Å². The number of amides is 1. The molecular formula is C17H27N3O. The Balaban J connectivity index is 1.89. The number of nitrogen functional groups attached to an aromatic ring is 1. The second kappa shape index (κ2) is 7.46. The lowest BCUT2D eigenvalue weighted by Gasteiger charge is -2.33. The first-order chi connectivity index (χ1) is 10.1. The van der Waals surface area contributed by atoms with Crippen molar-refractivity contribution in [3.63, 3.8) is 0 Å². The van der Waals surface area contributed by atoms with Crippen LogP contribution in [0.1, 0.15) is 44.2 Å². The third kappa shape index (κ3) is 4.21. The molecule has 1 aliphatic rings. The predicted octanol–water partition coefficient (Wildman–Crippen LogP) is 2.32. The fraction of sp³-hybridized carbons (Fsp3) is 0.588. The monoisotopic (exact) mass is 289 g/mol. The van der Waals surface area contributed by atoms with Crippen molar-refractivity contribution in [2.24, 2.45) is 0 Å². The van der Waals surface area contributed by atoms with E-state index in [0.717, 1.165) is 38.2 Å². The lowest BCUT2D eigenvalue weighted by molar-refractivity contribution is -0.126. The quantitative estimate of drug-likeness (QED) is 0.624. The number of carbonyl (C=O) groups is 1. The van der Waals surface area contributed by atoms with Crippen LogP contribution in [0.15, 0.2) is 18.2 Å². The molecule has 21 heavy (non-hydrogen) atoms. The fourth-order valence-corrected chi connectivity index (χ4v) is 2.83. The van der Waals surface area contributed by atoms with Crippen LogP contribution in [0, 0.1) is 0 Å². The van der Waals surface area contributed by atoms with Crippen molar-refractivity contribution in [1.29, 1.82) is 0 Å². The van der Waals surface area contributed by atoms with Crippen LogP contribution in [0.2, 0.25) is 0 Å². The van der Waals surface area contributed by atoms with Crippen molar-refractivity contribution < 1.29 is 4.79 Å². The van der Waals surface area contributed by atoms with Gasteiger partial charge in [-0.05, 0) is 43.0 Å². The summed E-state index contributed by atoms with van der Waals surface area (Å²) in [6, 6.07) is 6.02. The summed E-state index contributed by atoms with van der Waals surface area (Å²) in [4.78, 5) is 14.4. The molecule has 0 saturated carbocycles. The molecular weight excluding hydrogens is 262 g/mol. The van der Waals surface area contributed by atoms with E-state index in [1.54, 1.807) is 0 Å². The summed E-state index contributed by atoms with van der Waals surface area (Å²) in [5.41, 5.74) is 9.27. The first-order valence-electron chi connectivity index (χ1n) is 8.01. The highest BCUT2D eigenvalue weighted by molar-refractivity contribution is 5.81. The lowest BCUT2D eigenvalue weighted by Crippen LogP contribution is -2.47. The second-order valence-electron chi connectivity index (χ2n) is 5.92. The van der Waals surface area contributed by atoms with Crippen LogP contribution in [-0.4, -0.2) is 29.9 Å². The summed E-state index contributed by atoms with van der Waals surface area (Å²) >= 11 is 0. The highest BCUT2D eigenvalue weighted by Crippen LogP contribution is 2.22. The maximum absolute atomic E-state index is 12.2. The van der Waals surface area contributed by atoms with Crippen LogP contribution >= 0.6 is 0 Å². The topological polar surface area (TPSA) is 58.4 Å². The minimum absolute atomic E-state index is 0.0822. The van der Waals surface area contributed by atoms with E-state index < -0.39 is 0 Å². The summed E-state index contributed by atoms with van der Waals surface area (Å²) in [5.74, 6) is 0.137. The third-order valence-corrected chi connectivity index (χ3v) is 4.28. The number of fused-ring (bicyclic) bond motifs is 1. The molecule has 4 heteroatoms. The first kappa shape index (κ1) is 15.8. The summed E-state index contributed by atoms with van der Waals surface area (Å²) in [5, 5.41) is 3.04. The average Bonchev–Trinajstić information content (AvgIpc) is 2.49. The molecule has 1 aromatic rings. The van der Waals surface area contributed by atoms with Gasteiger partial charge in [0.2, 0.25) is 5.91 Å². The van der Waals surface area contributed by atoms with Crippen LogP contribution in [-0.2, 0) is 17.8 Å². The minimum Gasteiger partial charge on any atom is -0.399 e. The van der Waals surface area contributed by atoms with E-state index >= 15 is 0 Å². The highest BCUT2D eigenvalue weighted by Gasteiger charge is 2.25. The molecule has 0 bridgehead atoms. The van der Waals surface area contributed by atoms with E-state index in [1.165, 1.54) is 24.0 Å². The fourth-order valence-electron chi connectivity index (χ4n) is 2.83. The van der Waals surface area contributed by atoms with E-state index in [4.69, 9.17) is 5.73 Å². The van der Waals surface area contributed by atoms with E-state index in [2.05, 4.69) is 23.2 Å².